The summed E-state index contributed by atoms with van der Waals surface area (Å²) in [5.41, 5.74) is 5.89. The summed E-state index contributed by atoms with van der Waals surface area (Å²) in [4.78, 5) is 38.7. The van der Waals surface area contributed by atoms with Gasteiger partial charge in [0.2, 0.25) is 0 Å². The third kappa shape index (κ3) is 4.62. The van der Waals surface area contributed by atoms with E-state index in [1.807, 2.05) is 43.3 Å². The van der Waals surface area contributed by atoms with Gasteiger partial charge in [-0.3, -0.25) is 14.9 Å². The van der Waals surface area contributed by atoms with Crippen LogP contribution >= 0.6 is 0 Å². The molecule has 0 spiro atoms. The van der Waals surface area contributed by atoms with Crippen LogP contribution in [0.5, 0.6) is 0 Å². The highest BCUT2D eigenvalue weighted by Gasteiger charge is 2.35. The fraction of sp³-hybridized carbons (Fsp3) is 0.250. The lowest BCUT2D eigenvalue weighted by molar-refractivity contribution is -0.137. The van der Waals surface area contributed by atoms with Crippen LogP contribution in [0.2, 0.25) is 0 Å². The summed E-state index contributed by atoms with van der Waals surface area (Å²) in [6.45, 7) is 1.62. The predicted molar refractivity (Wildman–Crippen MR) is 132 cm³/mol. The molecule has 0 heterocycles. The molecule has 0 bridgehead atoms. The van der Waals surface area contributed by atoms with Crippen molar-refractivity contribution in [2.45, 2.75) is 31.7 Å². The topological polar surface area (TPSA) is 95.9 Å². The number of aryl methyl sites for hydroxylation is 1. The van der Waals surface area contributed by atoms with Crippen molar-refractivity contribution in [3.63, 3.8) is 0 Å². The number of aliphatic carboxylic acids is 1. The molecule has 2 amide bonds. The summed E-state index contributed by atoms with van der Waals surface area (Å²) in [6.07, 6.45) is 0.890. The molecule has 7 nitrogen and oxygen atoms in total. The third-order valence-electron chi connectivity index (χ3n) is 6.54. The molecule has 1 saturated carbocycles. The van der Waals surface area contributed by atoms with E-state index in [2.05, 4.69) is 17.4 Å². The van der Waals surface area contributed by atoms with E-state index in [1.165, 1.54) is 4.90 Å². The van der Waals surface area contributed by atoms with Gasteiger partial charge in [0, 0.05) is 12.0 Å². The van der Waals surface area contributed by atoms with Crippen LogP contribution in [0.1, 0.15) is 45.8 Å². The largest absolute Gasteiger partial charge is 0.480 e. The van der Waals surface area contributed by atoms with E-state index >= 15 is 0 Å². The molecule has 178 valence electrons. The molecule has 5 rings (SSSR count). The molecule has 3 aromatic carbocycles. The molecule has 2 aliphatic rings. The SMILES string of the molecule is Cc1ccc(NC(=O)OCC2c3ccccc3-c3ccccc32)c(C(=O)N(CC(=O)O)C2CC2)c1. The zero-order chi connectivity index (χ0) is 24.5. The van der Waals surface area contributed by atoms with Crippen LogP contribution in [-0.2, 0) is 9.53 Å². The van der Waals surface area contributed by atoms with Crippen molar-refractivity contribution in [1.29, 1.82) is 0 Å². The Morgan fingerprint density at radius 3 is 2.20 bits per heavy atom. The van der Waals surface area contributed by atoms with Gasteiger partial charge >= 0.3 is 12.1 Å². The van der Waals surface area contributed by atoms with Crippen LogP contribution < -0.4 is 5.32 Å². The molecule has 0 radical (unpaired) electrons. The zero-order valence-corrected chi connectivity index (χ0v) is 19.4. The van der Waals surface area contributed by atoms with Crippen molar-refractivity contribution < 1.29 is 24.2 Å². The number of carbonyl (C=O) groups excluding carboxylic acids is 2. The number of nitrogens with one attached hydrogen (secondary N) is 1. The molecule has 0 aromatic heterocycles. The summed E-state index contributed by atoms with van der Waals surface area (Å²) >= 11 is 0. The number of hydrogen-bond donors (Lipinski definition) is 2. The van der Waals surface area contributed by atoms with Crippen LogP contribution in [0.15, 0.2) is 66.7 Å². The maximum atomic E-state index is 13.2. The first-order valence-corrected chi connectivity index (χ1v) is 11.7. The average Bonchev–Trinajstić information content (AvgIpc) is 3.64. The second-order valence-corrected chi connectivity index (χ2v) is 9.06. The second kappa shape index (κ2) is 9.25. The van der Waals surface area contributed by atoms with Gasteiger partial charge in [-0.25, -0.2) is 4.79 Å². The summed E-state index contributed by atoms with van der Waals surface area (Å²) in [5.74, 6) is -1.55. The van der Waals surface area contributed by atoms with E-state index in [9.17, 15) is 19.5 Å². The lowest BCUT2D eigenvalue weighted by Crippen LogP contribution is -2.38. The van der Waals surface area contributed by atoms with Crippen LogP contribution in [0.4, 0.5) is 10.5 Å². The predicted octanol–water partition coefficient (Wildman–Crippen LogP) is 5.05. The summed E-state index contributed by atoms with van der Waals surface area (Å²) in [7, 11) is 0. The van der Waals surface area contributed by atoms with Gasteiger partial charge in [-0.1, -0.05) is 60.2 Å². The van der Waals surface area contributed by atoms with E-state index < -0.39 is 18.0 Å². The lowest BCUT2D eigenvalue weighted by Gasteiger charge is -2.22. The molecule has 0 saturated heterocycles. The molecule has 2 aliphatic carbocycles. The van der Waals surface area contributed by atoms with Gasteiger partial charge in [0.05, 0.1) is 11.3 Å². The van der Waals surface area contributed by atoms with Crippen LogP contribution in [-0.4, -0.2) is 47.2 Å². The highest BCUT2D eigenvalue weighted by molar-refractivity contribution is 6.04. The number of carboxylic acid groups (broad SMARTS) is 1. The molecule has 3 aromatic rings. The highest BCUT2D eigenvalue weighted by atomic mass is 16.5. The highest BCUT2D eigenvalue weighted by Crippen LogP contribution is 2.44. The van der Waals surface area contributed by atoms with Crippen molar-refractivity contribution in [2.24, 2.45) is 0 Å². The Morgan fingerprint density at radius 1 is 0.971 bits per heavy atom. The minimum Gasteiger partial charge on any atom is -0.480 e. The first-order valence-electron chi connectivity index (χ1n) is 11.7. The zero-order valence-electron chi connectivity index (χ0n) is 19.4. The minimum atomic E-state index is -1.07. The standard InChI is InChI=1S/C28H26N2O5/c1-17-10-13-25(23(14-17)27(33)30(15-26(31)32)18-11-12-18)29-28(34)35-16-24-21-8-4-2-6-19(21)20-7-3-5-9-22(20)24/h2-10,13-14,18,24H,11-12,15-16H2,1H3,(H,29,34)(H,31,32). The fourth-order valence-corrected chi connectivity index (χ4v) is 4.74. The number of anilines is 1. The van der Waals surface area contributed by atoms with Crippen molar-refractivity contribution >= 4 is 23.7 Å². The summed E-state index contributed by atoms with van der Waals surface area (Å²) in [5, 5.41) is 12.0. The number of fused-ring (bicyclic) bond motifs is 3. The molecule has 35 heavy (non-hydrogen) atoms. The van der Waals surface area contributed by atoms with Gasteiger partial charge in [-0.15, -0.1) is 0 Å². The number of ether oxygens (including phenoxy) is 1. The smallest absolute Gasteiger partial charge is 0.411 e. The Hall–Kier alpha value is -4.13. The van der Waals surface area contributed by atoms with Gasteiger partial charge in [0.25, 0.3) is 5.91 Å². The first-order chi connectivity index (χ1) is 16.9. The van der Waals surface area contributed by atoms with Crippen LogP contribution in [0.3, 0.4) is 0 Å². The summed E-state index contributed by atoms with van der Waals surface area (Å²) in [6, 6.07) is 21.2. The Balaban J connectivity index is 1.32. The van der Waals surface area contributed by atoms with Crippen LogP contribution in [0, 0.1) is 6.92 Å². The maximum Gasteiger partial charge on any atom is 0.411 e. The summed E-state index contributed by atoms with van der Waals surface area (Å²) < 4.78 is 5.62. The Morgan fingerprint density at radius 2 is 1.60 bits per heavy atom. The number of carbonyl (C=O) groups is 3. The number of hydrogen-bond acceptors (Lipinski definition) is 4. The van der Waals surface area contributed by atoms with Crippen LogP contribution in [0.25, 0.3) is 11.1 Å². The Kier molecular flexibility index (Phi) is 5.99. The van der Waals surface area contributed by atoms with E-state index in [0.717, 1.165) is 40.7 Å². The van der Waals surface area contributed by atoms with E-state index in [4.69, 9.17) is 4.74 Å². The number of rotatable bonds is 7. The quantitative estimate of drug-likeness (QED) is 0.504. The molecule has 2 N–H and O–H groups in total. The van der Waals surface area contributed by atoms with Gasteiger partial charge in [0.1, 0.15) is 13.2 Å². The van der Waals surface area contributed by atoms with Crippen molar-refractivity contribution in [1.82, 2.24) is 4.90 Å². The van der Waals surface area contributed by atoms with Gasteiger partial charge in [-0.2, -0.15) is 0 Å². The van der Waals surface area contributed by atoms with Gasteiger partial charge < -0.3 is 14.7 Å². The third-order valence-corrected chi connectivity index (χ3v) is 6.54. The van der Waals surface area contributed by atoms with Gasteiger partial charge in [-0.05, 0) is 54.2 Å². The van der Waals surface area contributed by atoms with E-state index in [-0.39, 0.29) is 30.7 Å². The normalized spacial score (nSPS) is 14.1. The van der Waals surface area contributed by atoms with E-state index in [0.29, 0.717) is 5.69 Å². The molecular formula is C28H26N2O5. The second-order valence-electron chi connectivity index (χ2n) is 9.06. The lowest BCUT2D eigenvalue weighted by atomic mass is 9.98. The minimum absolute atomic E-state index is 0.0757. The molecule has 7 heteroatoms. The Labute approximate surface area is 203 Å². The fourth-order valence-electron chi connectivity index (χ4n) is 4.74. The maximum absolute atomic E-state index is 13.2. The Bertz CT molecular complexity index is 1270. The molecule has 0 atom stereocenters. The van der Waals surface area contributed by atoms with Gasteiger partial charge in [0.15, 0.2) is 0 Å². The number of benzene rings is 3. The number of carboxylic acids is 1. The average molecular weight is 471 g/mol. The number of amides is 2. The van der Waals surface area contributed by atoms with Crippen molar-refractivity contribution in [2.75, 3.05) is 18.5 Å². The molecule has 0 aliphatic heterocycles. The van der Waals surface area contributed by atoms with Crippen molar-refractivity contribution in [3.05, 3.63) is 89.0 Å². The van der Waals surface area contributed by atoms with Crippen molar-refractivity contribution in [3.8, 4) is 11.1 Å². The molecule has 0 unspecified atom stereocenters. The monoisotopic (exact) mass is 470 g/mol. The number of nitrogens with zero attached hydrogens (tertiary/aromatic N) is 1. The first kappa shape index (κ1) is 22.7. The molecular weight excluding hydrogens is 444 g/mol. The van der Waals surface area contributed by atoms with E-state index in [1.54, 1.807) is 18.2 Å². The molecule has 1 fully saturated rings.